The van der Waals surface area contributed by atoms with Gasteiger partial charge in [-0.05, 0) is 43.2 Å². The first kappa shape index (κ1) is 23.0. The summed E-state index contributed by atoms with van der Waals surface area (Å²) in [4.78, 5) is 18.4. The number of rotatable bonds is 6. The maximum atomic E-state index is 11.7. The molecule has 0 spiro atoms. The van der Waals surface area contributed by atoms with Gasteiger partial charge in [0.05, 0.1) is 12.2 Å². The van der Waals surface area contributed by atoms with Crippen molar-refractivity contribution < 1.29 is 9.53 Å². The molecular weight excluding hydrogens is 479 g/mol. The van der Waals surface area contributed by atoms with E-state index in [0.29, 0.717) is 24.8 Å². The third-order valence-electron chi connectivity index (χ3n) is 4.80. The molecule has 0 bridgehead atoms. The van der Waals surface area contributed by atoms with Crippen molar-refractivity contribution in [1.29, 1.82) is 0 Å². The lowest BCUT2D eigenvalue weighted by molar-refractivity contribution is 0.0526. The van der Waals surface area contributed by atoms with Crippen molar-refractivity contribution >= 4 is 41.6 Å². The van der Waals surface area contributed by atoms with Crippen molar-refractivity contribution in [2.45, 2.75) is 25.9 Å². The number of nitrogens with one attached hydrogen (secondary N) is 2. The van der Waals surface area contributed by atoms with E-state index in [4.69, 9.17) is 4.74 Å². The lowest BCUT2D eigenvalue weighted by atomic mass is 10.1. The molecule has 1 saturated heterocycles. The van der Waals surface area contributed by atoms with Gasteiger partial charge in [-0.15, -0.1) is 24.0 Å². The SMILES string of the molecule is CCOC(=O)c1ccc(CNC(=NC)NC2CCN(c3ccccc3)C2)cc1.I. The number of halogens is 1. The molecule has 1 fully saturated rings. The molecule has 3 rings (SSSR count). The monoisotopic (exact) mass is 508 g/mol. The van der Waals surface area contributed by atoms with E-state index in [0.717, 1.165) is 31.0 Å². The molecule has 2 aromatic rings. The number of ether oxygens (including phenoxy) is 1. The summed E-state index contributed by atoms with van der Waals surface area (Å²) in [6, 6.07) is 18.3. The summed E-state index contributed by atoms with van der Waals surface area (Å²) < 4.78 is 5.01. The summed E-state index contributed by atoms with van der Waals surface area (Å²) in [6.07, 6.45) is 1.07. The molecule has 2 N–H and O–H groups in total. The number of esters is 1. The van der Waals surface area contributed by atoms with Crippen molar-refractivity contribution in [1.82, 2.24) is 10.6 Å². The number of guanidine groups is 1. The first-order valence-corrected chi connectivity index (χ1v) is 9.73. The Morgan fingerprint density at radius 3 is 2.55 bits per heavy atom. The minimum atomic E-state index is -0.288. The van der Waals surface area contributed by atoms with E-state index in [2.05, 4.69) is 44.8 Å². The second-order valence-corrected chi connectivity index (χ2v) is 6.75. The van der Waals surface area contributed by atoms with Crippen LogP contribution in [0.4, 0.5) is 5.69 Å². The third kappa shape index (κ3) is 6.62. The average Bonchev–Trinajstić information content (AvgIpc) is 3.21. The molecule has 1 atom stereocenters. The normalized spacial score (nSPS) is 16.1. The molecule has 1 heterocycles. The van der Waals surface area contributed by atoms with Gasteiger partial charge < -0.3 is 20.3 Å². The first-order valence-electron chi connectivity index (χ1n) is 9.73. The summed E-state index contributed by atoms with van der Waals surface area (Å²) in [5.41, 5.74) is 2.91. The van der Waals surface area contributed by atoms with Crippen LogP contribution in [-0.4, -0.2) is 44.7 Å². The fourth-order valence-corrected chi connectivity index (χ4v) is 3.30. The topological polar surface area (TPSA) is 66.0 Å². The molecule has 1 aliphatic heterocycles. The minimum absolute atomic E-state index is 0. The van der Waals surface area contributed by atoms with Gasteiger partial charge in [-0.1, -0.05) is 30.3 Å². The number of hydrogen-bond acceptors (Lipinski definition) is 4. The van der Waals surface area contributed by atoms with Crippen LogP contribution >= 0.6 is 24.0 Å². The number of carbonyl (C=O) groups is 1. The van der Waals surface area contributed by atoms with Crippen LogP contribution in [0.2, 0.25) is 0 Å². The van der Waals surface area contributed by atoms with Crippen LogP contribution in [0.5, 0.6) is 0 Å². The minimum Gasteiger partial charge on any atom is -0.462 e. The Hall–Kier alpha value is -2.29. The molecule has 0 amide bonds. The van der Waals surface area contributed by atoms with Crippen LogP contribution in [-0.2, 0) is 11.3 Å². The predicted molar refractivity (Wildman–Crippen MR) is 128 cm³/mol. The molecule has 6 nitrogen and oxygen atoms in total. The van der Waals surface area contributed by atoms with Crippen LogP contribution in [0.3, 0.4) is 0 Å². The molecule has 7 heteroatoms. The Bertz CT molecular complexity index is 796. The van der Waals surface area contributed by atoms with Crippen molar-refractivity contribution in [3.63, 3.8) is 0 Å². The number of carbonyl (C=O) groups excluding carboxylic acids is 1. The van der Waals surface area contributed by atoms with Crippen molar-refractivity contribution in [3.8, 4) is 0 Å². The van der Waals surface area contributed by atoms with E-state index >= 15 is 0 Å². The van der Waals surface area contributed by atoms with Crippen molar-refractivity contribution in [3.05, 3.63) is 65.7 Å². The standard InChI is InChI=1S/C22H28N4O2.HI/c1-3-28-21(27)18-11-9-17(10-12-18)15-24-22(23-2)25-19-13-14-26(16-19)20-7-5-4-6-8-20;/h4-12,19H,3,13-16H2,1-2H3,(H2,23,24,25);1H. The third-order valence-corrected chi connectivity index (χ3v) is 4.80. The molecule has 156 valence electrons. The summed E-state index contributed by atoms with van der Waals surface area (Å²) >= 11 is 0. The van der Waals surface area contributed by atoms with E-state index in [1.54, 1.807) is 26.1 Å². The van der Waals surface area contributed by atoms with Gasteiger partial charge in [0, 0.05) is 38.4 Å². The highest BCUT2D eigenvalue weighted by Gasteiger charge is 2.23. The van der Waals surface area contributed by atoms with Crippen LogP contribution in [0, 0.1) is 0 Å². The zero-order valence-electron chi connectivity index (χ0n) is 16.9. The largest absolute Gasteiger partial charge is 0.462 e. The summed E-state index contributed by atoms with van der Waals surface area (Å²) in [5, 5.41) is 6.85. The van der Waals surface area contributed by atoms with E-state index in [-0.39, 0.29) is 29.9 Å². The van der Waals surface area contributed by atoms with Gasteiger partial charge in [-0.2, -0.15) is 0 Å². The number of aliphatic imine (C=N–C) groups is 1. The number of anilines is 1. The van der Waals surface area contributed by atoms with Gasteiger partial charge in [0.25, 0.3) is 0 Å². The molecule has 0 aliphatic carbocycles. The first-order chi connectivity index (χ1) is 13.7. The summed E-state index contributed by atoms with van der Waals surface area (Å²) in [5.74, 6) is 0.498. The Balaban J connectivity index is 0.00000300. The lowest BCUT2D eigenvalue weighted by Crippen LogP contribution is -2.44. The molecule has 0 aromatic heterocycles. The van der Waals surface area contributed by atoms with Gasteiger partial charge in [0.1, 0.15) is 0 Å². The maximum absolute atomic E-state index is 11.7. The van der Waals surface area contributed by atoms with Crippen LogP contribution < -0.4 is 15.5 Å². The fraction of sp³-hybridized carbons (Fsp3) is 0.364. The molecular formula is C22H29IN4O2. The number of para-hydroxylation sites is 1. The molecule has 1 unspecified atom stereocenters. The molecule has 1 aliphatic rings. The highest BCUT2D eigenvalue weighted by Crippen LogP contribution is 2.19. The Kier molecular flexibility index (Phi) is 9.24. The van der Waals surface area contributed by atoms with Crippen molar-refractivity contribution in [2.24, 2.45) is 4.99 Å². The quantitative estimate of drug-likeness (QED) is 0.271. The van der Waals surface area contributed by atoms with E-state index in [9.17, 15) is 4.79 Å². The second-order valence-electron chi connectivity index (χ2n) is 6.75. The van der Waals surface area contributed by atoms with Gasteiger partial charge >= 0.3 is 5.97 Å². The second kappa shape index (κ2) is 11.6. The zero-order chi connectivity index (χ0) is 19.8. The Morgan fingerprint density at radius 2 is 1.90 bits per heavy atom. The highest BCUT2D eigenvalue weighted by molar-refractivity contribution is 14.0. The van der Waals surface area contributed by atoms with E-state index < -0.39 is 0 Å². The van der Waals surface area contributed by atoms with E-state index in [1.807, 2.05) is 18.2 Å². The van der Waals surface area contributed by atoms with E-state index in [1.165, 1.54) is 5.69 Å². The van der Waals surface area contributed by atoms with Gasteiger partial charge in [0.15, 0.2) is 5.96 Å². The number of nitrogens with zero attached hydrogens (tertiary/aromatic N) is 2. The Morgan fingerprint density at radius 1 is 1.17 bits per heavy atom. The highest BCUT2D eigenvalue weighted by atomic mass is 127. The van der Waals surface area contributed by atoms with Crippen LogP contribution in [0.1, 0.15) is 29.3 Å². The van der Waals surface area contributed by atoms with Crippen LogP contribution in [0.25, 0.3) is 0 Å². The Labute approximate surface area is 189 Å². The number of hydrogen-bond donors (Lipinski definition) is 2. The van der Waals surface area contributed by atoms with Gasteiger partial charge in [-0.3, -0.25) is 4.99 Å². The summed E-state index contributed by atoms with van der Waals surface area (Å²) in [6.45, 7) is 4.82. The maximum Gasteiger partial charge on any atom is 0.338 e. The predicted octanol–water partition coefficient (Wildman–Crippen LogP) is 3.43. The average molecular weight is 508 g/mol. The zero-order valence-corrected chi connectivity index (χ0v) is 19.3. The summed E-state index contributed by atoms with van der Waals surface area (Å²) in [7, 11) is 1.78. The molecule has 0 radical (unpaired) electrons. The molecule has 2 aromatic carbocycles. The lowest BCUT2D eigenvalue weighted by Gasteiger charge is -2.20. The van der Waals surface area contributed by atoms with Gasteiger partial charge in [-0.25, -0.2) is 4.79 Å². The van der Waals surface area contributed by atoms with Crippen LogP contribution in [0.15, 0.2) is 59.6 Å². The molecule has 0 saturated carbocycles. The number of benzene rings is 2. The van der Waals surface area contributed by atoms with Gasteiger partial charge in [0.2, 0.25) is 0 Å². The van der Waals surface area contributed by atoms with Crippen molar-refractivity contribution in [2.75, 3.05) is 31.6 Å². The smallest absolute Gasteiger partial charge is 0.338 e. The molecule has 29 heavy (non-hydrogen) atoms. The fourth-order valence-electron chi connectivity index (χ4n) is 3.30.